The van der Waals surface area contributed by atoms with Crippen LogP contribution < -0.4 is 14.8 Å². The second kappa shape index (κ2) is 7.68. The summed E-state index contributed by atoms with van der Waals surface area (Å²) in [5, 5.41) is 8.08. The average Bonchev–Trinajstić information content (AvgIpc) is 3.28. The molecule has 4 rings (SSSR count). The van der Waals surface area contributed by atoms with Crippen LogP contribution in [-0.2, 0) is 18.2 Å². The Morgan fingerprint density at radius 3 is 3.04 bits per heavy atom. The zero-order valence-corrected chi connectivity index (χ0v) is 15.5. The number of benzene rings is 1. The van der Waals surface area contributed by atoms with Crippen LogP contribution in [0.3, 0.4) is 0 Å². The summed E-state index contributed by atoms with van der Waals surface area (Å²) in [5.41, 5.74) is 2.44. The van der Waals surface area contributed by atoms with Gasteiger partial charge in [0.25, 0.3) is 0 Å². The van der Waals surface area contributed by atoms with Gasteiger partial charge in [-0.3, -0.25) is 4.68 Å². The molecule has 2 aliphatic rings. The first kappa shape index (κ1) is 17.4. The van der Waals surface area contributed by atoms with Gasteiger partial charge in [-0.1, -0.05) is 6.07 Å². The van der Waals surface area contributed by atoms with Gasteiger partial charge in [0, 0.05) is 37.5 Å². The minimum atomic E-state index is 0.0884. The summed E-state index contributed by atoms with van der Waals surface area (Å²) in [6, 6.07) is 6.97. The standard InChI is InChI=1S/C20H27N3O3/c1-14(5-6-15-7-8-18-19(10-15)26-13-25-18)22-17-4-3-9-24-20(17)16-11-21-23(2)12-16/h7-8,10-12,14,17,20,22H,3-6,9,13H2,1-2H3/t14?,17-,20+/m0/s1. The van der Waals surface area contributed by atoms with E-state index in [1.54, 1.807) is 0 Å². The molecule has 0 saturated carbocycles. The molecule has 6 heteroatoms. The number of aryl methyl sites for hydroxylation is 2. The molecule has 3 heterocycles. The molecule has 2 aromatic rings. The van der Waals surface area contributed by atoms with Crippen molar-refractivity contribution >= 4 is 0 Å². The van der Waals surface area contributed by atoms with Gasteiger partial charge in [0.2, 0.25) is 6.79 Å². The Labute approximate surface area is 154 Å². The Bertz CT molecular complexity index is 746. The van der Waals surface area contributed by atoms with Crippen molar-refractivity contribution in [3.63, 3.8) is 0 Å². The van der Waals surface area contributed by atoms with Crippen molar-refractivity contribution in [1.29, 1.82) is 0 Å². The molecule has 0 spiro atoms. The van der Waals surface area contributed by atoms with E-state index in [0.29, 0.717) is 18.9 Å². The second-order valence-corrected chi connectivity index (χ2v) is 7.28. The third-order valence-electron chi connectivity index (χ3n) is 5.18. The van der Waals surface area contributed by atoms with E-state index >= 15 is 0 Å². The molecular weight excluding hydrogens is 330 g/mol. The molecule has 1 unspecified atom stereocenters. The number of fused-ring (bicyclic) bond motifs is 1. The normalized spacial score (nSPS) is 23.2. The number of aromatic nitrogens is 2. The summed E-state index contributed by atoms with van der Waals surface area (Å²) in [6.07, 6.45) is 8.37. The van der Waals surface area contributed by atoms with Crippen LogP contribution in [0.2, 0.25) is 0 Å². The van der Waals surface area contributed by atoms with Gasteiger partial charge in [-0.05, 0) is 50.3 Å². The smallest absolute Gasteiger partial charge is 0.231 e. The van der Waals surface area contributed by atoms with Gasteiger partial charge in [-0.25, -0.2) is 0 Å². The first-order valence-corrected chi connectivity index (χ1v) is 9.44. The Kier molecular flexibility index (Phi) is 5.13. The Hall–Kier alpha value is -2.05. The van der Waals surface area contributed by atoms with Crippen molar-refractivity contribution in [2.45, 2.75) is 50.8 Å². The lowest BCUT2D eigenvalue weighted by molar-refractivity contribution is -0.0136. The molecule has 140 valence electrons. The lowest BCUT2D eigenvalue weighted by atomic mass is 9.96. The van der Waals surface area contributed by atoms with Gasteiger partial charge in [-0.2, -0.15) is 5.10 Å². The Morgan fingerprint density at radius 2 is 2.19 bits per heavy atom. The second-order valence-electron chi connectivity index (χ2n) is 7.28. The molecular formula is C20H27N3O3. The van der Waals surface area contributed by atoms with Crippen LogP contribution in [0, 0.1) is 0 Å². The maximum atomic E-state index is 6.06. The summed E-state index contributed by atoms with van der Waals surface area (Å²) in [6.45, 7) is 3.40. The molecule has 1 aromatic heterocycles. The summed E-state index contributed by atoms with van der Waals surface area (Å²) < 4.78 is 18.7. The first-order valence-electron chi connectivity index (χ1n) is 9.44. The van der Waals surface area contributed by atoms with E-state index in [2.05, 4.69) is 35.7 Å². The Morgan fingerprint density at radius 1 is 1.31 bits per heavy atom. The molecule has 1 saturated heterocycles. The fourth-order valence-corrected chi connectivity index (χ4v) is 3.80. The molecule has 2 aliphatic heterocycles. The molecule has 1 aromatic carbocycles. The van der Waals surface area contributed by atoms with Crippen LogP contribution in [0.4, 0.5) is 0 Å². The highest BCUT2D eigenvalue weighted by molar-refractivity contribution is 5.44. The van der Waals surface area contributed by atoms with Crippen molar-refractivity contribution in [2.75, 3.05) is 13.4 Å². The molecule has 6 nitrogen and oxygen atoms in total. The van der Waals surface area contributed by atoms with E-state index < -0.39 is 0 Å². The van der Waals surface area contributed by atoms with Crippen molar-refractivity contribution in [1.82, 2.24) is 15.1 Å². The molecule has 0 radical (unpaired) electrons. The SMILES string of the molecule is CC(CCc1ccc2c(c1)OCO2)N[C@H]1CCCO[C@@H]1c1cnn(C)c1. The third-order valence-corrected chi connectivity index (χ3v) is 5.18. The summed E-state index contributed by atoms with van der Waals surface area (Å²) in [7, 11) is 1.95. The highest BCUT2D eigenvalue weighted by Crippen LogP contribution is 2.33. The lowest BCUT2D eigenvalue weighted by Gasteiger charge is -2.34. The van der Waals surface area contributed by atoms with Crippen LogP contribution >= 0.6 is 0 Å². The highest BCUT2D eigenvalue weighted by atomic mass is 16.7. The van der Waals surface area contributed by atoms with Gasteiger partial charge in [0.15, 0.2) is 11.5 Å². The number of nitrogens with one attached hydrogen (secondary N) is 1. The largest absolute Gasteiger partial charge is 0.454 e. The van der Waals surface area contributed by atoms with Crippen LogP contribution in [-0.4, -0.2) is 35.3 Å². The number of nitrogens with zero attached hydrogens (tertiary/aromatic N) is 2. The topological polar surface area (TPSA) is 57.5 Å². The van der Waals surface area contributed by atoms with Gasteiger partial charge in [-0.15, -0.1) is 0 Å². The number of ether oxygens (including phenoxy) is 3. The van der Waals surface area contributed by atoms with Crippen molar-refractivity contribution in [3.8, 4) is 11.5 Å². The third kappa shape index (κ3) is 3.86. The van der Waals surface area contributed by atoms with Crippen LogP contribution in [0.5, 0.6) is 11.5 Å². The predicted octanol–water partition coefficient (Wildman–Crippen LogP) is 2.98. The quantitative estimate of drug-likeness (QED) is 0.861. The van der Waals surface area contributed by atoms with Crippen molar-refractivity contribution in [3.05, 3.63) is 41.7 Å². The summed E-state index contributed by atoms with van der Waals surface area (Å²) in [5.74, 6) is 1.71. The van der Waals surface area contributed by atoms with Gasteiger partial charge < -0.3 is 19.5 Å². The predicted molar refractivity (Wildman–Crippen MR) is 98.4 cm³/mol. The molecule has 0 aliphatic carbocycles. The highest BCUT2D eigenvalue weighted by Gasteiger charge is 2.29. The van der Waals surface area contributed by atoms with Gasteiger partial charge >= 0.3 is 0 Å². The zero-order valence-electron chi connectivity index (χ0n) is 15.5. The number of rotatable bonds is 6. The molecule has 3 atom stereocenters. The minimum Gasteiger partial charge on any atom is -0.454 e. The van der Waals surface area contributed by atoms with Crippen LogP contribution in [0.15, 0.2) is 30.6 Å². The van der Waals surface area contributed by atoms with E-state index in [9.17, 15) is 0 Å². The van der Waals surface area contributed by atoms with E-state index in [4.69, 9.17) is 14.2 Å². The number of hydrogen-bond acceptors (Lipinski definition) is 5. The van der Waals surface area contributed by atoms with Crippen molar-refractivity contribution < 1.29 is 14.2 Å². The molecule has 1 fully saturated rings. The van der Waals surface area contributed by atoms with Crippen molar-refractivity contribution in [2.24, 2.45) is 7.05 Å². The monoisotopic (exact) mass is 357 g/mol. The fourth-order valence-electron chi connectivity index (χ4n) is 3.80. The van der Waals surface area contributed by atoms with E-state index in [1.807, 2.05) is 24.0 Å². The fraction of sp³-hybridized carbons (Fsp3) is 0.550. The molecule has 1 N–H and O–H groups in total. The summed E-state index contributed by atoms with van der Waals surface area (Å²) in [4.78, 5) is 0. The maximum Gasteiger partial charge on any atom is 0.231 e. The average molecular weight is 357 g/mol. The minimum absolute atomic E-state index is 0.0884. The van der Waals surface area contributed by atoms with Gasteiger partial charge in [0.05, 0.1) is 6.20 Å². The number of hydrogen-bond donors (Lipinski definition) is 1. The summed E-state index contributed by atoms with van der Waals surface area (Å²) >= 11 is 0. The first-order chi connectivity index (χ1) is 12.7. The van der Waals surface area contributed by atoms with E-state index in [-0.39, 0.29) is 6.10 Å². The lowest BCUT2D eigenvalue weighted by Crippen LogP contribution is -2.44. The van der Waals surface area contributed by atoms with Crippen LogP contribution in [0.25, 0.3) is 0 Å². The van der Waals surface area contributed by atoms with Gasteiger partial charge in [0.1, 0.15) is 6.10 Å². The zero-order chi connectivity index (χ0) is 17.9. The Balaban J connectivity index is 1.33. The molecule has 0 amide bonds. The van der Waals surface area contributed by atoms with E-state index in [1.165, 1.54) is 5.56 Å². The molecule has 26 heavy (non-hydrogen) atoms. The van der Waals surface area contributed by atoms with E-state index in [0.717, 1.165) is 49.4 Å². The molecule has 0 bridgehead atoms. The maximum absolute atomic E-state index is 6.06. The van der Waals surface area contributed by atoms with Crippen LogP contribution in [0.1, 0.15) is 43.4 Å².